The van der Waals surface area contributed by atoms with Gasteiger partial charge in [-0.05, 0) is 31.6 Å². The number of hydrogen-bond acceptors (Lipinski definition) is 5. The molecule has 0 unspecified atom stereocenters. The zero-order chi connectivity index (χ0) is 15.6. The van der Waals surface area contributed by atoms with Crippen LogP contribution in [0, 0.1) is 5.92 Å². The minimum atomic E-state index is 0.0887. The van der Waals surface area contributed by atoms with Gasteiger partial charge < -0.3 is 4.90 Å². The van der Waals surface area contributed by atoms with Gasteiger partial charge in [-0.25, -0.2) is 4.98 Å². The quantitative estimate of drug-likeness (QED) is 0.866. The van der Waals surface area contributed by atoms with Gasteiger partial charge in [-0.1, -0.05) is 12.8 Å². The van der Waals surface area contributed by atoms with E-state index in [2.05, 4.69) is 19.9 Å². The van der Waals surface area contributed by atoms with Crippen LogP contribution in [0.3, 0.4) is 0 Å². The first-order valence-electron chi connectivity index (χ1n) is 8.36. The van der Waals surface area contributed by atoms with Gasteiger partial charge in [0.15, 0.2) is 0 Å². The summed E-state index contributed by atoms with van der Waals surface area (Å²) in [5.74, 6) is 0.783. The van der Waals surface area contributed by atoms with Crippen molar-refractivity contribution in [2.24, 2.45) is 5.92 Å². The van der Waals surface area contributed by atoms with Crippen LogP contribution in [-0.2, 0) is 0 Å². The molecule has 1 saturated heterocycles. The van der Waals surface area contributed by atoms with Crippen molar-refractivity contribution in [1.82, 2.24) is 19.9 Å². The molecule has 2 aliphatic rings. The van der Waals surface area contributed by atoms with E-state index in [1.54, 1.807) is 18.6 Å². The van der Waals surface area contributed by atoms with Gasteiger partial charge in [-0.2, -0.15) is 0 Å². The lowest BCUT2D eigenvalue weighted by atomic mass is 9.96. The van der Waals surface area contributed by atoms with Gasteiger partial charge in [0.1, 0.15) is 16.4 Å². The smallest absolute Gasteiger partial charge is 0.273 e. The second-order valence-electron chi connectivity index (χ2n) is 6.38. The van der Waals surface area contributed by atoms with E-state index >= 15 is 0 Å². The molecule has 1 saturated carbocycles. The zero-order valence-electron chi connectivity index (χ0n) is 13.0. The molecule has 0 aromatic carbocycles. The highest BCUT2D eigenvalue weighted by molar-refractivity contribution is 7.13. The Kier molecular flexibility index (Phi) is 4.08. The second kappa shape index (κ2) is 6.35. The summed E-state index contributed by atoms with van der Waals surface area (Å²) in [4.78, 5) is 27.8. The summed E-state index contributed by atoms with van der Waals surface area (Å²) in [6.07, 6.45) is 12.4. The summed E-state index contributed by atoms with van der Waals surface area (Å²) < 4.78 is 0. The van der Waals surface area contributed by atoms with Gasteiger partial charge in [0, 0.05) is 30.4 Å². The lowest BCUT2D eigenvalue weighted by Crippen LogP contribution is -2.39. The van der Waals surface area contributed by atoms with Crippen LogP contribution in [0.1, 0.15) is 49.0 Å². The number of amides is 1. The van der Waals surface area contributed by atoms with E-state index in [0.717, 1.165) is 30.1 Å². The maximum Gasteiger partial charge on any atom is 0.273 e. The average molecular weight is 328 g/mol. The Balaban J connectivity index is 1.53. The molecule has 3 heterocycles. The van der Waals surface area contributed by atoms with Gasteiger partial charge in [0.2, 0.25) is 0 Å². The summed E-state index contributed by atoms with van der Waals surface area (Å²) in [5, 5.41) is 2.62. The molecule has 2 fully saturated rings. The summed E-state index contributed by atoms with van der Waals surface area (Å²) in [6, 6.07) is 0.423. The Morgan fingerprint density at radius 2 is 2.04 bits per heavy atom. The first kappa shape index (κ1) is 14.8. The number of hydrogen-bond donors (Lipinski definition) is 0. The highest BCUT2D eigenvalue weighted by Gasteiger charge is 2.36. The predicted octanol–water partition coefficient (Wildman–Crippen LogP) is 3.39. The van der Waals surface area contributed by atoms with E-state index in [1.165, 1.54) is 37.0 Å². The lowest BCUT2D eigenvalue weighted by Gasteiger charge is -2.28. The minimum absolute atomic E-state index is 0.0887. The Morgan fingerprint density at radius 1 is 1.17 bits per heavy atom. The summed E-state index contributed by atoms with van der Waals surface area (Å²) in [6.45, 7) is 0.873. The number of nitrogens with zero attached hydrogens (tertiary/aromatic N) is 4. The maximum absolute atomic E-state index is 12.9. The minimum Gasteiger partial charge on any atom is -0.334 e. The lowest BCUT2D eigenvalue weighted by molar-refractivity contribution is 0.0684. The Labute approximate surface area is 139 Å². The Morgan fingerprint density at radius 3 is 2.83 bits per heavy atom. The molecule has 1 atom stereocenters. The molecule has 5 nitrogen and oxygen atoms in total. The second-order valence-corrected chi connectivity index (χ2v) is 7.24. The van der Waals surface area contributed by atoms with E-state index in [4.69, 9.17) is 0 Å². The number of aromatic nitrogens is 3. The predicted molar refractivity (Wildman–Crippen MR) is 89.2 cm³/mol. The number of carbonyl (C=O) groups excluding carboxylic acids is 1. The number of thiazole rings is 1. The topological polar surface area (TPSA) is 59.0 Å². The number of rotatable bonds is 3. The molecule has 0 bridgehead atoms. The summed E-state index contributed by atoms with van der Waals surface area (Å²) >= 11 is 1.46. The van der Waals surface area contributed by atoms with Crippen molar-refractivity contribution < 1.29 is 4.79 Å². The normalized spacial score (nSPS) is 21.9. The fourth-order valence-corrected chi connectivity index (χ4v) is 4.68. The van der Waals surface area contributed by atoms with Crippen LogP contribution in [0.2, 0.25) is 0 Å². The van der Waals surface area contributed by atoms with Crippen LogP contribution in [0.4, 0.5) is 0 Å². The van der Waals surface area contributed by atoms with E-state index in [1.807, 2.05) is 5.38 Å². The molecule has 6 heteroatoms. The van der Waals surface area contributed by atoms with Crippen molar-refractivity contribution >= 4 is 17.2 Å². The average Bonchev–Trinajstić information content (AvgIpc) is 3.34. The third kappa shape index (κ3) is 2.87. The first-order valence-corrected chi connectivity index (χ1v) is 9.24. The van der Waals surface area contributed by atoms with Crippen molar-refractivity contribution in [3.8, 4) is 10.7 Å². The number of likely N-dealkylation sites (tertiary alicyclic amines) is 1. The van der Waals surface area contributed by atoms with Gasteiger partial charge in [-0.3, -0.25) is 14.8 Å². The van der Waals surface area contributed by atoms with Crippen molar-refractivity contribution in [1.29, 1.82) is 0 Å². The molecule has 1 aliphatic heterocycles. The highest BCUT2D eigenvalue weighted by atomic mass is 32.1. The molecule has 1 aliphatic carbocycles. The molecular weight excluding hydrogens is 308 g/mol. The van der Waals surface area contributed by atoms with Crippen molar-refractivity contribution in [3.63, 3.8) is 0 Å². The van der Waals surface area contributed by atoms with Crippen LogP contribution in [0.15, 0.2) is 24.0 Å². The van der Waals surface area contributed by atoms with E-state index in [-0.39, 0.29) is 5.91 Å². The molecule has 2 aromatic heterocycles. The van der Waals surface area contributed by atoms with E-state index < -0.39 is 0 Å². The van der Waals surface area contributed by atoms with Gasteiger partial charge in [-0.15, -0.1) is 11.3 Å². The summed E-state index contributed by atoms with van der Waals surface area (Å²) in [5.41, 5.74) is 1.28. The third-order valence-electron chi connectivity index (χ3n) is 5.01. The first-order chi connectivity index (χ1) is 11.3. The van der Waals surface area contributed by atoms with Gasteiger partial charge >= 0.3 is 0 Å². The van der Waals surface area contributed by atoms with E-state index in [9.17, 15) is 4.79 Å². The van der Waals surface area contributed by atoms with Crippen molar-refractivity contribution in [2.75, 3.05) is 6.54 Å². The van der Waals surface area contributed by atoms with Gasteiger partial charge in [0.25, 0.3) is 5.91 Å². The summed E-state index contributed by atoms with van der Waals surface area (Å²) in [7, 11) is 0. The Bertz CT molecular complexity index is 681. The van der Waals surface area contributed by atoms with Crippen molar-refractivity contribution in [3.05, 3.63) is 29.7 Å². The van der Waals surface area contributed by atoms with Crippen LogP contribution in [0.25, 0.3) is 10.7 Å². The van der Waals surface area contributed by atoms with Crippen LogP contribution in [-0.4, -0.2) is 38.3 Å². The molecule has 2 aromatic rings. The Hall–Kier alpha value is -1.82. The van der Waals surface area contributed by atoms with E-state index in [0.29, 0.717) is 17.7 Å². The fourth-order valence-electron chi connectivity index (χ4n) is 3.92. The van der Waals surface area contributed by atoms with Crippen LogP contribution < -0.4 is 0 Å². The standard InChI is InChI=1S/C17H20N4OS/c22-17(21-9-3-6-15(21)12-4-1-2-5-12)14-11-23-16(20-14)13-10-18-7-8-19-13/h7-8,10-12,15H,1-6,9H2/t15-/m0/s1. The third-order valence-corrected chi connectivity index (χ3v) is 5.87. The highest BCUT2D eigenvalue weighted by Crippen LogP contribution is 2.36. The SMILES string of the molecule is O=C(c1csc(-c2cnccn2)n1)N1CCC[C@H]1C1CCCC1. The molecule has 23 heavy (non-hydrogen) atoms. The van der Waals surface area contributed by atoms with Crippen molar-refractivity contribution in [2.45, 2.75) is 44.6 Å². The fraction of sp³-hybridized carbons (Fsp3) is 0.529. The molecule has 120 valence electrons. The monoisotopic (exact) mass is 328 g/mol. The van der Waals surface area contributed by atoms with Gasteiger partial charge in [0.05, 0.1) is 6.20 Å². The molecular formula is C17H20N4OS. The molecule has 0 radical (unpaired) electrons. The van der Waals surface area contributed by atoms with Crippen LogP contribution >= 0.6 is 11.3 Å². The molecule has 0 N–H and O–H groups in total. The number of carbonyl (C=O) groups is 1. The largest absolute Gasteiger partial charge is 0.334 e. The maximum atomic E-state index is 12.9. The molecule has 4 rings (SSSR count). The zero-order valence-corrected chi connectivity index (χ0v) is 13.8. The van der Waals surface area contributed by atoms with Crippen LogP contribution in [0.5, 0.6) is 0 Å². The molecule has 1 amide bonds. The molecule has 0 spiro atoms.